The molecule has 2 atom stereocenters. The number of likely N-dealkylation sites (N-methyl/N-ethyl adjacent to an activating group) is 1. The van der Waals surface area contributed by atoms with Crippen LogP contribution in [0.2, 0.25) is 0 Å². The Morgan fingerprint density at radius 2 is 2.18 bits per heavy atom. The van der Waals surface area contributed by atoms with Crippen molar-refractivity contribution in [2.45, 2.75) is 51.2 Å². The van der Waals surface area contributed by atoms with Gasteiger partial charge >= 0.3 is 0 Å². The third-order valence-corrected chi connectivity index (χ3v) is 5.23. The van der Waals surface area contributed by atoms with Gasteiger partial charge in [0.15, 0.2) is 0 Å². The number of rotatable bonds is 3. The van der Waals surface area contributed by atoms with E-state index in [4.69, 9.17) is 9.72 Å². The Morgan fingerprint density at radius 3 is 2.71 bits per heavy atom. The maximum absolute atomic E-state index is 5.71. The van der Waals surface area contributed by atoms with Crippen LogP contribution in [0.4, 0.5) is 0 Å². The zero-order chi connectivity index (χ0) is 12.5. The first kappa shape index (κ1) is 13.0. The summed E-state index contributed by atoms with van der Waals surface area (Å²) in [4.78, 5) is 6.07. The lowest BCUT2D eigenvalue weighted by Crippen LogP contribution is -2.52. The Bertz CT molecular complexity index is 371. The van der Waals surface area contributed by atoms with Crippen molar-refractivity contribution in [1.29, 1.82) is 0 Å². The molecule has 0 amide bonds. The van der Waals surface area contributed by atoms with Gasteiger partial charge in [-0.25, -0.2) is 4.98 Å². The molecule has 1 heterocycles. The Hall–Kier alpha value is -0.450. The van der Waals surface area contributed by atoms with Crippen molar-refractivity contribution in [1.82, 2.24) is 10.3 Å². The topological polar surface area (TPSA) is 34.2 Å². The van der Waals surface area contributed by atoms with E-state index < -0.39 is 0 Å². The molecule has 0 aromatic carbocycles. The van der Waals surface area contributed by atoms with Crippen LogP contribution in [0, 0.1) is 13.8 Å². The maximum Gasteiger partial charge on any atom is 0.116 e. The molecule has 1 aromatic rings. The van der Waals surface area contributed by atoms with Gasteiger partial charge in [0.05, 0.1) is 17.3 Å². The molecule has 1 fully saturated rings. The summed E-state index contributed by atoms with van der Waals surface area (Å²) in [5.41, 5.74) is 1.08. The summed E-state index contributed by atoms with van der Waals surface area (Å²) < 4.78 is 5.71. The molecule has 4 heteroatoms. The number of nitrogens with zero attached hydrogens (tertiary/aromatic N) is 1. The molecule has 96 valence electrons. The molecule has 0 bridgehead atoms. The van der Waals surface area contributed by atoms with Gasteiger partial charge in [0.1, 0.15) is 5.01 Å². The second-order valence-corrected chi connectivity index (χ2v) is 6.06. The third kappa shape index (κ3) is 2.14. The second kappa shape index (κ2) is 5.04. The molecule has 3 nitrogen and oxygen atoms in total. The van der Waals surface area contributed by atoms with E-state index in [0.717, 1.165) is 18.5 Å². The second-order valence-electron chi connectivity index (χ2n) is 4.85. The summed E-state index contributed by atoms with van der Waals surface area (Å²) in [5, 5.41) is 4.69. The van der Waals surface area contributed by atoms with Crippen LogP contribution in [0.25, 0.3) is 0 Å². The highest BCUT2D eigenvalue weighted by molar-refractivity contribution is 7.11. The van der Waals surface area contributed by atoms with Crippen LogP contribution in [0.3, 0.4) is 0 Å². The Kier molecular flexibility index (Phi) is 3.85. The van der Waals surface area contributed by atoms with Crippen LogP contribution in [-0.4, -0.2) is 25.2 Å². The molecule has 0 aliphatic heterocycles. The molecule has 1 N–H and O–H groups in total. The van der Waals surface area contributed by atoms with Crippen LogP contribution in [0.15, 0.2) is 0 Å². The normalized spacial score (nSPS) is 29.5. The number of nitrogens with one attached hydrogen (secondary N) is 1. The van der Waals surface area contributed by atoms with E-state index in [1.807, 2.05) is 25.5 Å². The lowest BCUT2D eigenvalue weighted by Gasteiger charge is -2.41. The van der Waals surface area contributed by atoms with Crippen molar-refractivity contribution >= 4 is 11.3 Å². The predicted octanol–water partition coefficient (Wildman–Crippen LogP) is 2.76. The number of hydrogen-bond donors (Lipinski definition) is 1. The lowest BCUT2D eigenvalue weighted by molar-refractivity contribution is -0.0119. The van der Waals surface area contributed by atoms with E-state index in [0.29, 0.717) is 0 Å². The van der Waals surface area contributed by atoms with Crippen LogP contribution in [-0.2, 0) is 10.3 Å². The first-order chi connectivity index (χ1) is 8.14. The smallest absolute Gasteiger partial charge is 0.116 e. The largest absolute Gasteiger partial charge is 0.379 e. The predicted molar refractivity (Wildman–Crippen MR) is 71.6 cm³/mol. The highest BCUT2D eigenvalue weighted by Crippen LogP contribution is 2.40. The molecule has 2 rings (SSSR count). The minimum atomic E-state index is -0.0727. The summed E-state index contributed by atoms with van der Waals surface area (Å²) in [6.45, 7) is 4.23. The fourth-order valence-electron chi connectivity index (χ4n) is 2.76. The van der Waals surface area contributed by atoms with E-state index >= 15 is 0 Å². The van der Waals surface area contributed by atoms with Crippen LogP contribution in [0.1, 0.15) is 41.3 Å². The standard InChI is InChI=1S/C13H22N2OS/c1-9-10(2)17-12(15-9)13(14-3)8-6-5-7-11(13)16-4/h11,14H,5-8H2,1-4H3. The van der Waals surface area contributed by atoms with Crippen molar-refractivity contribution in [2.75, 3.05) is 14.2 Å². The van der Waals surface area contributed by atoms with Crippen LogP contribution < -0.4 is 5.32 Å². The van der Waals surface area contributed by atoms with Crippen molar-refractivity contribution in [3.63, 3.8) is 0 Å². The molecule has 1 aromatic heterocycles. The minimum absolute atomic E-state index is 0.0727. The SMILES string of the molecule is CNC1(c2nc(C)c(C)s2)CCCCC1OC. The van der Waals surface area contributed by atoms with Gasteiger partial charge in [-0.1, -0.05) is 12.8 Å². The van der Waals surface area contributed by atoms with Gasteiger partial charge in [0.25, 0.3) is 0 Å². The number of aromatic nitrogens is 1. The fourth-order valence-corrected chi connectivity index (χ4v) is 3.94. The van der Waals surface area contributed by atoms with Crippen LogP contribution in [0.5, 0.6) is 0 Å². The molecular formula is C13H22N2OS. The number of aryl methyl sites for hydroxylation is 2. The van der Waals surface area contributed by atoms with Gasteiger partial charge in [-0.3, -0.25) is 0 Å². The Labute approximate surface area is 108 Å². The third-order valence-electron chi connectivity index (χ3n) is 3.98. The zero-order valence-corrected chi connectivity index (χ0v) is 12.0. The molecule has 1 aliphatic rings. The van der Waals surface area contributed by atoms with Crippen molar-refractivity contribution < 1.29 is 4.74 Å². The van der Waals surface area contributed by atoms with E-state index in [1.54, 1.807) is 0 Å². The van der Waals surface area contributed by atoms with Gasteiger partial charge in [0, 0.05) is 12.0 Å². The summed E-state index contributed by atoms with van der Waals surface area (Å²) in [6, 6.07) is 0. The van der Waals surface area contributed by atoms with Gasteiger partial charge in [0.2, 0.25) is 0 Å². The summed E-state index contributed by atoms with van der Waals surface area (Å²) >= 11 is 1.81. The maximum atomic E-state index is 5.71. The Balaban J connectivity index is 2.40. The van der Waals surface area contributed by atoms with Crippen molar-refractivity contribution in [2.24, 2.45) is 0 Å². The first-order valence-corrected chi connectivity index (χ1v) is 7.12. The van der Waals surface area contributed by atoms with E-state index in [1.165, 1.54) is 22.7 Å². The molecule has 0 saturated heterocycles. The summed E-state index contributed by atoms with van der Waals surface area (Å²) in [7, 11) is 3.85. The number of hydrogen-bond acceptors (Lipinski definition) is 4. The van der Waals surface area contributed by atoms with E-state index in [2.05, 4.69) is 19.2 Å². The quantitative estimate of drug-likeness (QED) is 0.900. The van der Waals surface area contributed by atoms with Crippen LogP contribution >= 0.6 is 11.3 Å². The highest BCUT2D eigenvalue weighted by atomic mass is 32.1. The lowest BCUT2D eigenvalue weighted by atomic mass is 9.79. The number of thiazole rings is 1. The molecule has 1 aliphatic carbocycles. The van der Waals surface area contributed by atoms with Gasteiger partial charge in [-0.15, -0.1) is 11.3 Å². The minimum Gasteiger partial charge on any atom is -0.379 e. The average molecular weight is 254 g/mol. The summed E-state index contributed by atoms with van der Waals surface area (Å²) in [5.74, 6) is 0. The molecule has 2 unspecified atom stereocenters. The average Bonchev–Trinajstić information content (AvgIpc) is 2.69. The first-order valence-electron chi connectivity index (χ1n) is 6.30. The van der Waals surface area contributed by atoms with Gasteiger partial charge in [-0.2, -0.15) is 0 Å². The van der Waals surface area contributed by atoms with E-state index in [-0.39, 0.29) is 11.6 Å². The van der Waals surface area contributed by atoms with Gasteiger partial charge < -0.3 is 10.1 Å². The zero-order valence-electron chi connectivity index (χ0n) is 11.2. The summed E-state index contributed by atoms with van der Waals surface area (Å²) in [6.07, 6.45) is 4.98. The van der Waals surface area contributed by atoms with E-state index in [9.17, 15) is 0 Å². The number of methoxy groups -OCH3 is 1. The molecule has 17 heavy (non-hydrogen) atoms. The Morgan fingerprint density at radius 1 is 1.41 bits per heavy atom. The molecule has 0 spiro atoms. The monoisotopic (exact) mass is 254 g/mol. The van der Waals surface area contributed by atoms with Gasteiger partial charge in [-0.05, 0) is 33.7 Å². The van der Waals surface area contributed by atoms with Crippen molar-refractivity contribution in [3.05, 3.63) is 15.6 Å². The molecule has 0 radical (unpaired) electrons. The number of ether oxygens (including phenoxy) is 1. The molecular weight excluding hydrogens is 232 g/mol. The highest BCUT2D eigenvalue weighted by Gasteiger charge is 2.43. The fraction of sp³-hybridized carbons (Fsp3) is 0.769. The van der Waals surface area contributed by atoms with Crippen molar-refractivity contribution in [3.8, 4) is 0 Å². The molecule has 1 saturated carbocycles.